The van der Waals surface area contributed by atoms with Crippen molar-refractivity contribution in [2.75, 3.05) is 0 Å². The summed E-state index contributed by atoms with van der Waals surface area (Å²) >= 11 is 0. The summed E-state index contributed by atoms with van der Waals surface area (Å²) < 4.78 is 2.44. The molecule has 0 atom stereocenters. The summed E-state index contributed by atoms with van der Waals surface area (Å²) in [6.07, 6.45) is 0. The average molecular weight is 361 g/mol. The molecule has 0 aliphatic heterocycles. The SMILES string of the molecule is Cc1cccc2nc(Cn3nc(C(=O)[O-])c4ccccc4c3=O)cc(=O)n12. The van der Waals surface area contributed by atoms with E-state index >= 15 is 0 Å². The van der Waals surface area contributed by atoms with Crippen LogP contribution in [-0.2, 0) is 6.54 Å². The molecule has 4 rings (SSSR count). The number of pyridine rings is 1. The van der Waals surface area contributed by atoms with Crippen LogP contribution in [0.3, 0.4) is 0 Å². The molecule has 0 N–H and O–H groups in total. The summed E-state index contributed by atoms with van der Waals surface area (Å²) in [6.45, 7) is 1.65. The van der Waals surface area contributed by atoms with E-state index in [0.29, 0.717) is 11.3 Å². The first kappa shape index (κ1) is 16.6. The fraction of sp³-hybridized carbons (Fsp3) is 0.105. The molecule has 0 aliphatic carbocycles. The van der Waals surface area contributed by atoms with Crippen LogP contribution in [0.5, 0.6) is 0 Å². The van der Waals surface area contributed by atoms with Gasteiger partial charge >= 0.3 is 0 Å². The molecule has 0 saturated heterocycles. The van der Waals surface area contributed by atoms with E-state index in [4.69, 9.17) is 0 Å². The van der Waals surface area contributed by atoms with Gasteiger partial charge in [0, 0.05) is 17.1 Å². The van der Waals surface area contributed by atoms with Crippen molar-refractivity contribution < 1.29 is 9.90 Å². The van der Waals surface area contributed by atoms with E-state index < -0.39 is 11.5 Å². The van der Waals surface area contributed by atoms with Crippen LogP contribution in [0.4, 0.5) is 0 Å². The molecule has 3 heterocycles. The minimum absolute atomic E-state index is 0.135. The molecule has 27 heavy (non-hydrogen) atoms. The van der Waals surface area contributed by atoms with Crippen LogP contribution in [-0.4, -0.2) is 25.1 Å². The fourth-order valence-electron chi connectivity index (χ4n) is 3.09. The molecule has 0 fully saturated rings. The zero-order valence-electron chi connectivity index (χ0n) is 14.2. The zero-order valence-corrected chi connectivity index (χ0v) is 14.2. The number of aryl methyl sites for hydroxylation is 1. The summed E-state index contributed by atoms with van der Waals surface area (Å²) in [5.74, 6) is -1.48. The van der Waals surface area contributed by atoms with Gasteiger partial charge in [-0.25, -0.2) is 9.67 Å². The minimum Gasteiger partial charge on any atom is -0.543 e. The monoisotopic (exact) mass is 361 g/mol. The van der Waals surface area contributed by atoms with Gasteiger partial charge in [-0.3, -0.25) is 14.0 Å². The van der Waals surface area contributed by atoms with Crippen LogP contribution in [0.25, 0.3) is 16.4 Å². The summed E-state index contributed by atoms with van der Waals surface area (Å²) in [6, 6.07) is 12.8. The second kappa shape index (κ2) is 6.17. The molecular formula is C19H13N4O4-. The molecule has 0 unspecified atom stereocenters. The molecule has 3 aromatic heterocycles. The lowest BCUT2D eigenvalue weighted by molar-refractivity contribution is -0.255. The standard InChI is InChI=1S/C19H14N4O4/c1-11-5-4-8-15-20-12(9-16(24)23(11)15)10-22-18(25)14-7-3-2-6-13(14)17(21-22)19(26)27/h2-9H,10H2,1H3,(H,26,27)/p-1. The van der Waals surface area contributed by atoms with Gasteiger partial charge in [0.2, 0.25) is 0 Å². The van der Waals surface area contributed by atoms with E-state index in [2.05, 4.69) is 10.1 Å². The highest BCUT2D eigenvalue weighted by molar-refractivity contribution is 6.00. The first-order valence-electron chi connectivity index (χ1n) is 8.15. The largest absolute Gasteiger partial charge is 0.543 e. The van der Waals surface area contributed by atoms with Gasteiger partial charge in [0.15, 0.2) is 0 Å². The van der Waals surface area contributed by atoms with Crippen LogP contribution in [0.1, 0.15) is 21.9 Å². The highest BCUT2D eigenvalue weighted by atomic mass is 16.4. The molecule has 0 saturated carbocycles. The summed E-state index contributed by atoms with van der Waals surface area (Å²) in [5.41, 5.74) is 0.380. The summed E-state index contributed by atoms with van der Waals surface area (Å²) in [5, 5.41) is 15.8. The van der Waals surface area contributed by atoms with Crippen LogP contribution in [0.15, 0.2) is 58.1 Å². The molecule has 0 spiro atoms. The topological polar surface area (TPSA) is 109 Å². The number of carbonyl (C=O) groups is 1. The number of carbonyl (C=O) groups excluding carboxylic acids is 1. The highest BCUT2D eigenvalue weighted by Crippen LogP contribution is 2.13. The molecule has 8 heteroatoms. The number of rotatable bonds is 3. The molecule has 1 aromatic carbocycles. The predicted octanol–water partition coefficient (Wildman–Crippen LogP) is 0.125. The Labute approximate surface area is 152 Å². The Morgan fingerprint density at radius 1 is 1.07 bits per heavy atom. The maximum Gasteiger partial charge on any atom is 0.275 e. The van der Waals surface area contributed by atoms with Gasteiger partial charge in [0.25, 0.3) is 11.1 Å². The average Bonchev–Trinajstić information content (AvgIpc) is 2.63. The third kappa shape index (κ3) is 2.77. The smallest absolute Gasteiger partial charge is 0.275 e. The van der Waals surface area contributed by atoms with Crippen molar-refractivity contribution in [1.82, 2.24) is 19.2 Å². The van der Waals surface area contributed by atoms with Gasteiger partial charge in [-0.15, -0.1) is 0 Å². The first-order chi connectivity index (χ1) is 13.0. The third-order valence-corrected chi connectivity index (χ3v) is 4.31. The number of hydrogen-bond donors (Lipinski definition) is 0. The normalized spacial score (nSPS) is 11.1. The van der Waals surface area contributed by atoms with E-state index in [0.717, 1.165) is 10.4 Å². The second-order valence-corrected chi connectivity index (χ2v) is 6.09. The Balaban J connectivity index is 1.91. The van der Waals surface area contributed by atoms with Crippen molar-refractivity contribution in [2.45, 2.75) is 13.5 Å². The molecule has 0 radical (unpaired) electrons. The van der Waals surface area contributed by atoms with E-state index in [1.165, 1.54) is 22.6 Å². The number of aromatic carboxylic acids is 1. The van der Waals surface area contributed by atoms with Crippen LogP contribution in [0, 0.1) is 6.92 Å². The second-order valence-electron chi connectivity index (χ2n) is 6.09. The van der Waals surface area contributed by atoms with Crippen LogP contribution in [0.2, 0.25) is 0 Å². The van der Waals surface area contributed by atoms with Gasteiger partial charge in [-0.1, -0.05) is 24.3 Å². The van der Waals surface area contributed by atoms with Gasteiger partial charge in [0.1, 0.15) is 11.3 Å². The molecule has 8 nitrogen and oxygen atoms in total. The van der Waals surface area contributed by atoms with Crippen LogP contribution < -0.4 is 16.2 Å². The lowest BCUT2D eigenvalue weighted by Gasteiger charge is -2.12. The Morgan fingerprint density at radius 2 is 1.81 bits per heavy atom. The van der Waals surface area contributed by atoms with Crippen molar-refractivity contribution in [2.24, 2.45) is 0 Å². The van der Waals surface area contributed by atoms with Crippen LogP contribution >= 0.6 is 0 Å². The van der Waals surface area contributed by atoms with Gasteiger partial charge in [-0.2, -0.15) is 5.10 Å². The van der Waals surface area contributed by atoms with E-state index in [1.807, 2.05) is 0 Å². The fourth-order valence-corrected chi connectivity index (χ4v) is 3.09. The summed E-state index contributed by atoms with van der Waals surface area (Å²) in [4.78, 5) is 40.9. The number of aromatic nitrogens is 4. The number of carboxylic acid groups (broad SMARTS) is 1. The van der Waals surface area contributed by atoms with Crippen molar-refractivity contribution in [3.05, 3.63) is 86.3 Å². The zero-order chi connectivity index (χ0) is 19.1. The Bertz CT molecular complexity index is 1340. The number of hydrogen-bond acceptors (Lipinski definition) is 6. The van der Waals surface area contributed by atoms with Crippen molar-refractivity contribution in [1.29, 1.82) is 0 Å². The maximum absolute atomic E-state index is 12.7. The Kier molecular flexibility index (Phi) is 3.80. The molecule has 0 amide bonds. The van der Waals surface area contributed by atoms with Gasteiger partial charge in [-0.05, 0) is 25.1 Å². The van der Waals surface area contributed by atoms with E-state index in [9.17, 15) is 19.5 Å². The number of fused-ring (bicyclic) bond motifs is 2. The highest BCUT2D eigenvalue weighted by Gasteiger charge is 2.13. The molecule has 134 valence electrons. The van der Waals surface area contributed by atoms with E-state index in [1.54, 1.807) is 37.3 Å². The van der Waals surface area contributed by atoms with E-state index in [-0.39, 0.29) is 28.6 Å². The number of carboxylic acids is 1. The lowest BCUT2D eigenvalue weighted by Crippen LogP contribution is -2.32. The van der Waals surface area contributed by atoms with Crippen molar-refractivity contribution in [3.63, 3.8) is 0 Å². The van der Waals surface area contributed by atoms with Crippen molar-refractivity contribution in [3.8, 4) is 0 Å². The maximum atomic E-state index is 12.7. The summed E-state index contributed by atoms with van der Waals surface area (Å²) in [7, 11) is 0. The Morgan fingerprint density at radius 3 is 2.56 bits per heavy atom. The number of benzene rings is 1. The van der Waals surface area contributed by atoms with Gasteiger partial charge < -0.3 is 9.90 Å². The molecule has 0 bridgehead atoms. The first-order valence-corrected chi connectivity index (χ1v) is 8.15. The lowest BCUT2D eigenvalue weighted by atomic mass is 10.1. The van der Waals surface area contributed by atoms with Gasteiger partial charge in [0.05, 0.1) is 23.6 Å². The molecule has 0 aliphatic rings. The van der Waals surface area contributed by atoms with Crippen molar-refractivity contribution >= 4 is 22.4 Å². The quantitative estimate of drug-likeness (QED) is 0.513. The predicted molar refractivity (Wildman–Crippen MR) is 95.6 cm³/mol. The molecule has 4 aromatic rings. The number of nitrogens with zero attached hydrogens (tertiary/aromatic N) is 4. The minimum atomic E-state index is -1.48. The molecular weight excluding hydrogens is 348 g/mol. The third-order valence-electron chi connectivity index (χ3n) is 4.31. The Hall–Kier alpha value is -3.81.